The lowest BCUT2D eigenvalue weighted by Crippen LogP contribution is -2.27. The Labute approximate surface area is 149 Å². The number of aryl methyl sites for hydroxylation is 2. The molecule has 1 heterocycles. The van der Waals surface area contributed by atoms with E-state index in [0.717, 1.165) is 24.2 Å². The van der Waals surface area contributed by atoms with Crippen molar-refractivity contribution in [2.24, 2.45) is 0 Å². The molecule has 1 N–H and O–H groups in total. The molecule has 0 saturated carbocycles. The summed E-state index contributed by atoms with van der Waals surface area (Å²) in [6.07, 6.45) is 9.19. The molecule has 5 heteroatoms. The molecule has 1 amide bonds. The Bertz CT molecular complexity index is 666. The van der Waals surface area contributed by atoms with E-state index in [0.29, 0.717) is 13.2 Å². The van der Waals surface area contributed by atoms with E-state index >= 15 is 0 Å². The molecule has 0 saturated heterocycles. The number of amides is 1. The minimum Gasteiger partial charge on any atom is -0.494 e. The van der Waals surface area contributed by atoms with Crippen molar-refractivity contribution in [1.29, 1.82) is 0 Å². The molecular formula is C20H27N3O2. The van der Waals surface area contributed by atoms with Gasteiger partial charge in [-0.2, -0.15) is 5.10 Å². The van der Waals surface area contributed by atoms with Gasteiger partial charge in [0, 0.05) is 12.7 Å². The third kappa shape index (κ3) is 5.08. The lowest BCUT2D eigenvalue weighted by molar-refractivity contribution is -0.122. The minimum atomic E-state index is -0.00985. The summed E-state index contributed by atoms with van der Waals surface area (Å²) >= 11 is 0. The maximum Gasteiger partial charge on any atom is 0.241 e. The van der Waals surface area contributed by atoms with Crippen molar-refractivity contribution in [2.75, 3.05) is 6.61 Å². The Kier molecular flexibility index (Phi) is 6.09. The molecule has 1 aromatic carbocycles. The van der Waals surface area contributed by atoms with Crippen LogP contribution in [-0.2, 0) is 30.7 Å². The van der Waals surface area contributed by atoms with E-state index < -0.39 is 0 Å². The maximum atomic E-state index is 12.2. The molecule has 0 aliphatic heterocycles. The van der Waals surface area contributed by atoms with E-state index in [1.54, 1.807) is 4.68 Å². The van der Waals surface area contributed by atoms with E-state index in [2.05, 4.69) is 16.6 Å². The van der Waals surface area contributed by atoms with E-state index in [1.807, 2.05) is 31.2 Å². The number of nitrogens with zero attached hydrogens (tertiary/aromatic N) is 2. The molecule has 134 valence electrons. The van der Waals surface area contributed by atoms with Crippen LogP contribution < -0.4 is 10.1 Å². The normalized spacial score (nSPS) is 14.3. The van der Waals surface area contributed by atoms with Crippen molar-refractivity contribution in [3.05, 3.63) is 47.3 Å². The van der Waals surface area contributed by atoms with Crippen LogP contribution in [0.15, 0.2) is 30.5 Å². The van der Waals surface area contributed by atoms with Crippen molar-refractivity contribution >= 4 is 5.91 Å². The van der Waals surface area contributed by atoms with Gasteiger partial charge in [-0.05, 0) is 55.9 Å². The highest BCUT2D eigenvalue weighted by molar-refractivity contribution is 5.75. The van der Waals surface area contributed by atoms with Gasteiger partial charge in [-0.25, -0.2) is 0 Å². The number of benzene rings is 1. The standard InChI is InChI=1S/C20H27N3O2/c1-2-25-18-11-9-16(10-12-18)13-21-20(24)15-23-14-17-7-5-3-4-6-8-19(17)22-23/h9-12,14H,2-8,13,15H2,1H3,(H,21,24). The lowest BCUT2D eigenvalue weighted by atomic mass is 9.99. The summed E-state index contributed by atoms with van der Waals surface area (Å²) in [5.41, 5.74) is 3.56. The topological polar surface area (TPSA) is 56.1 Å². The minimum absolute atomic E-state index is 0.00985. The number of carbonyl (C=O) groups excluding carboxylic acids is 1. The average Bonchev–Trinajstić information content (AvgIpc) is 2.95. The van der Waals surface area contributed by atoms with Crippen LogP contribution in [0, 0.1) is 0 Å². The first-order valence-corrected chi connectivity index (χ1v) is 9.28. The van der Waals surface area contributed by atoms with Gasteiger partial charge in [0.15, 0.2) is 0 Å². The Morgan fingerprint density at radius 1 is 1.16 bits per heavy atom. The highest BCUT2D eigenvalue weighted by atomic mass is 16.5. The lowest BCUT2D eigenvalue weighted by Gasteiger charge is -2.07. The van der Waals surface area contributed by atoms with Gasteiger partial charge in [0.2, 0.25) is 5.91 Å². The van der Waals surface area contributed by atoms with Gasteiger partial charge in [-0.1, -0.05) is 25.0 Å². The Morgan fingerprint density at radius 2 is 1.92 bits per heavy atom. The number of hydrogen-bond acceptors (Lipinski definition) is 3. The number of carbonyl (C=O) groups is 1. The molecule has 0 bridgehead atoms. The van der Waals surface area contributed by atoms with Crippen LogP contribution in [0.4, 0.5) is 0 Å². The smallest absolute Gasteiger partial charge is 0.241 e. The van der Waals surface area contributed by atoms with Crippen molar-refractivity contribution in [1.82, 2.24) is 15.1 Å². The van der Waals surface area contributed by atoms with Crippen LogP contribution in [0.25, 0.3) is 0 Å². The number of aromatic nitrogens is 2. The first-order chi connectivity index (χ1) is 12.2. The molecule has 0 unspecified atom stereocenters. The summed E-state index contributed by atoms with van der Waals surface area (Å²) in [6.45, 7) is 3.42. The quantitative estimate of drug-likeness (QED) is 0.877. The van der Waals surface area contributed by atoms with Gasteiger partial charge in [0.05, 0.1) is 12.3 Å². The van der Waals surface area contributed by atoms with Gasteiger partial charge < -0.3 is 10.1 Å². The zero-order chi connectivity index (χ0) is 17.5. The van der Waals surface area contributed by atoms with Gasteiger partial charge in [-0.3, -0.25) is 9.48 Å². The Morgan fingerprint density at radius 3 is 2.68 bits per heavy atom. The summed E-state index contributed by atoms with van der Waals surface area (Å²) in [5.74, 6) is 0.843. The third-order valence-corrected chi connectivity index (χ3v) is 4.56. The third-order valence-electron chi connectivity index (χ3n) is 4.56. The maximum absolute atomic E-state index is 12.2. The molecule has 0 fully saturated rings. The van der Waals surface area contributed by atoms with Crippen molar-refractivity contribution in [3.63, 3.8) is 0 Å². The molecule has 5 nitrogen and oxygen atoms in total. The number of rotatable bonds is 6. The predicted octanol–water partition coefficient (Wildman–Crippen LogP) is 3.26. The fourth-order valence-electron chi connectivity index (χ4n) is 3.24. The van der Waals surface area contributed by atoms with Crippen LogP contribution in [0.1, 0.15) is 49.4 Å². The summed E-state index contributed by atoms with van der Waals surface area (Å²) in [4.78, 5) is 12.2. The zero-order valence-corrected chi connectivity index (χ0v) is 15.0. The molecule has 3 rings (SSSR count). The van der Waals surface area contributed by atoms with Crippen LogP contribution in [-0.4, -0.2) is 22.3 Å². The summed E-state index contributed by atoms with van der Waals surface area (Å²) in [5, 5.41) is 7.58. The Hall–Kier alpha value is -2.30. The summed E-state index contributed by atoms with van der Waals surface area (Å²) in [7, 11) is 0. The second-order valence-electron chi connectivity index (χ2n) is 6.57. The Balaban J connectivity index is 1.51. The van der Waals surface area contributed by atoms with E-state index in [-0.39, 0.29) is 12.5 Å². The largest absolute Gasteiger partial charge is 0.494 e. The first-order valence-electron chi connectivity index (χ1n) is 9.28. The van der Waals surface area contributed by atoms with Gasteiger partial charge in [-0.15, -0.1) is 0 Å². The first kappa shape index (κ1) is 17.5. The molecule has 0 spiro atoms. The monoisotopic (exact) mass is 341 g/mol. The van der Waals surface area contributed by atoms with Crippen molar-refractivity contribution in [3.8, 4) is 5.75 Å². The van der Waals surface area contributed by atoms with Crippen molar-refractivity contribution < 1.29 is 9.53 Å². The van der Waals surface area contributed by atoms with E-state index in [9.17, 15) is 4.79 Å². The SMILES string of the molecule is CCOc1ccc(CNC(=O)Cn2cc3c(n2)CCCCCC3)cc1. The van der Waals surface area contributed by atoms with Gasteiger partial charge in [0.25, 0.3) is 0 Å². The number of fused-ring (bicyclic) bond motifs is 1. The number of hydrogen-bond donors (Lipinski definition) is 1. The van der Waals surface area contributed by atoms with Crippen LogP contribution in [0.3, 0.4) is 0 Å². The van der Waals surface area contributed by atoms with Crippen LogP contribution in [0.5, 0.6) is 5.75 Å². The molecule has 0 radical (unpaired) electrons. The fourth-order valence-corrected chi connectivity index (χ4v) is 3.24. The second-order valence-corrected chi connectivity index (χ2v) is 6.57. The number of nitrogens with one attached hydrogen (secondary N) is 1. The average molecular weight is 341 g/mol. The molecular weight excluding hydrogens is 314 g/mol. The fraction of sp³-hybridized carbons (Fsp3) is 0.500. The van der Waals surface area contributed by atoms with E-state index in [1.165, 1.54) is 36.9 Å². The summed E-state index contributed by atoms with van der Waals surface area (Å²) < 4.78 is 7.22. The molecule has 1 aromatic heterocycles. The summed E-state index contributed by atoms with van der Waals surface area (Å²) in [6, 6.07) is 7.81. The predicted molar refractivity (Wildman–Crippen MR) is 97.6 cm³/mol. The van der Waals surface area contributed by atoms with Crippen LogP contribution >= 0.6 is 0 Å². The zero-order valence-electron chi connectivity index (χ0n) is 15.0. The molecule has 2 aromatic rings. The molecule has 1 aliphatic rings. The molecule has 0 atom stereocenters. The number of ether oxygens (including phenoxy) is 1. The molecule has 1 aliphatic carbocycles. The highest BCUT2D eigenvalue weighted by Crippen LogP contribution is 2.18. The van der Waals surface area contributed by atoms with Gasteiger partial charge in [0.1, 0.15) is 12.3 Å². The second kappa shape index (κ2) is 8.70. The van der Waals surface area contributed by atoms with E-state index in [4.69, 9.17) is 4.74 Å². The molecule has 25 heavy (non-hydrogen) atoms. The van der Waals surface area contributed by atoms with Crippen molar-refractivity contribution in [2.45, 2.75) is 58.5 Å². The van der Waals surface area contributed by atoms with Gasteiger partial charge >= 0.3 is 0 Å². The van der Waals surface area contributed by atoms with Crippen LogP contribution in [0.2, 0.25) is 0 Å². The highest BCUT2D eigenvalue weighted by Gasteiger charge is 2.13.